The molecule has 0 aromatic heterocycles. The molecule has 0 saturated heterocycles. The van der Waals surface area contributed by atoms with Gasteiger partial charge in [0.1, 0.15) is 5.75 Å². The molecule has 0 spiro atoms. The second-order valence-electron chi connectivity index (χ2n) is 4.86. The molecule has 106 valence electrons. The average Bonchev–Trinajstić information content (AvgIpc) is 2.46. The number of hydrogen-bond donors (Lipinski definition) is 2. The SMILES string of the molecule is CCC(C)NC(=O)COc1ccc(N)c2ccccc12. The number of carbonyl (C=O) groups excluding carboxylic acids is 1. The first-order valence-corrected chi connectivity index (χ1v) is 6.81. The summed E-state index contributed by atoms with van der Waals surface area (Å²) in [5, 5.41) is 4.73. The molecule has 0 aliphatic heterocycles. The average molecular weight is 272 g/mol. The molecule has 20 heavy (non-hydrogen) atoms. The Hall–Kier alpha value is -2.23. The highest BCUT2D eigenvalue weighted by atomic mass is 16.5. The van der Waals surface area contributed by atoms with E-state index in [0.29, 0.717) is 11.4 Å². The lowest BCUT2D eigenvalue weighted by molar-refractivity contribution is -0.123. The zero-order valence-electron chi connectivity index (χ0n) is 11.8. The summed E-state index contributed by atoms with van der Waals surface area (Å²) in [5.41, 5.74) is 6.64. The smallest absolute Gasteiger partial charge is 0.258 e. The van der Waals surface area contributed by atoms with Gasteiger partial charge in [0.2, 0.25) is 0 Å². The predicted octanol–water partition coefficient (Wildman–Crippen LogP) is 2.72. The number of hydrogen-bond acceptors (Lipinski definition) is 3. The van der Waals surface area contributed by atoms with Crippen LogP contribution >= 0.6 is 0 Å². The van der Waals surface area contributed by atoms with Crippen LogP contribution in [0.4, 0.5) is 5.69 Å². The highest BCUT2D eigenvalue weighted by Gasteiger charge is 2.09. The molecule has 0 fully saturated rings. The zero-order chi connectivity index (χ0) is 14.5. The maximum absolute atomic E-state index is 11.7. The van der Waals surface area contributed by atoms with Crippen LogP contribution in [0.15, 0.2) is 36.4 Å². The molecule has 1 unspecified atom stereocenters. The van der Waals surface area contributed by atoms with E-state index in [0.717, 1.165) is 17.2 Å². The van der Waals surface area contributed by atoms with E-state index in [1.165, 1.54) is 0 Å². The monoisotopic (exact) mass is 272 g/mol. The van der Waals surface area contributed by atoms with Gasteiger partial charge in [0.05, 0.1) is 0 Å². The minimum atomic E-state index is -0.111. The third-order valence-electron chi connectivity index (χ3n) is 3.30. The van der Waals surface area contributed by atoms with Gasteiger partial charge in [0.15, 0.2) is 6.61 Å². The summed E-state index contributed by atoms with van der Waals surface area (Å²) in [6.07, 6.45) is 0.899. The molecule has 0 aliphatic carbocycles. The number of ether oxygens (including phenoxy) is 1. The highest BCUT2D eigenvalue weighted by Crippen LogP contribution is 2.29. The van der Waals surface area contributed by atoms with Crippen molar-refractivity contribution in [1.82, 2.24) is 5.32 Å². The summed E-state index contributed by atoms with van der Waals surface area (Å²) in [4.78, 5) is 11.7. The lowest BCUT2D eigenvalue weighted by atomic mass is 10.1. The van der Waals surface area contributed by atoms with Crippen molar-refractivity contribution in [3.63, 3.8) is 0 Å². The van der Waals surface area contributed by atoms with E-state index >= 15 is 0 Å². The minimum absolute atomic E-state index is 0.0122. The number of carbonyl (C=O) groups is 1. The first kappa shape index (κ1) is 14.2. The number of nitrogens with two attached hydrogens (primary N) is 1. The van der Waals surface area contributed by atoms with Crippen LogP contribution in [0.25, 0.3) is 10.8 Å². The molecule has 3 N–H and O–H groups in total. The Morgan fingerprint density at radius 3 is 2.65 bits per heavy atom. The van der Waals surface area contributed by atoms with E-state index in [1.807, 2.05) is 38.1 Å². The molecule has 2 aromatic carbocycles. The summed E-state index contributed by atoms with van der Waals surface area (Å²) in [6.45, 7) is 4.01. The van der Waals surface area contributed by atoms with E-state index < -0.39 is 0 Å². The third kappa shape index (κ3) is 3.20. The quantitative estimate of drug-likeness (QED) is 0.823. The number of benzene rings is 2. The van der Waals surface area contributed by atoms with Gasteiger partial charge in [-0.1, -0.05) is 31.2 Å². The van der Waals surface area contributed by atoms with Crippen molar-refractivity contribution in [3.8, 4) is 5.75 Å². The normalized spacial score (nSPS) is 12.1. The standard InChI is InChI=1S/C16H20N2O2/c1-3-11(2)18-16(19)10-20-15-9-8-14(17)12-6-4-5-7-13(12)15/h4-9,11H,3,10,17H2,1-2H3,(H,18,19). The molecule has 1 atom stereocenters. The lowest BCUT2D eigenvalue weighted by Crippen LogP contribution is -2.35. The molecule has 0 saturated carbocycles. The zero-order valence-corrected chi connectivity index (χ0v) is 11.8. The van der Waals surface area contributed by atoms with Crippen molar-refractivity contribution in [2.24, 2.45) is 0 Å². The largest absolute Gasteiger partial charge is 0.483 e. The van der Waals surface area contributed by atoms with Crippen molar-refractivity contribution in [2.45, 2.75) is 26.3 Å². The Morgan fingerprint density at radius 1 is 1.25 bits per heavy atom. The first-order chi connectivity index (χ1) is 9.61. The molecule has 0 radical (unpaired) electrons. The number of fused-ring (bicyclic) bond motifs is 1. The fourth-order valence-corrected chi connectivity index (χ4v) is 1.98. The highest BCUT2D eigenvalue weighted by molar-refractivity contribution is 5.97. The molecule has 0 bridgehead atoms. The van der Waals surface area contributed by atoms with Crippen LogP contribution in [0.3, 0.4) is 0 Å². The van der Waals surface area contributed by atoms with Gasteiger partial charge in [-0.3, -0.25) is 4.79 Å². The van der Waals surface area contributed by atoms with Crippen molar-refractivity contribution in [1.29, 1.82) is 0 Å². The second-order valence-corrected chi connectivity index (χ2v) is 4.86. The number of amides is 1. The fraction of sp³-hybridized carbons (Fsp3) is 0.312. The van der Waals surface area contributed by atoms with E-state index in [9.17, 15) is 4.79 Å². The van der Waals surface area contributed by atoms with Gasteiger partial charge < -0.3 is 15.8 Å². The Morgan fingerprint density at radius 2 is 1.95 bits per heavy atom. The molecule has 2 rings (SSSR count). The van der Waals surface area contributed by atoms with Crippen molar-refractivity contribution < 1.29 is 9.53 Å². The fourth-order valence-electron chi connectivity index (χ4n) is 1.98. The Balaban J connectivity index is 2.11. The van der Waals surface area contributed by atoms with Crippen LogP contribution in [0.2, 0.25) is 0 Å². The summed E-state index contributed by atoms with van der Waals surface area (Å²) in [6, 6.07) is 11.5. The summed E-state index contributed by atoms with van der Waals surface area (Å²) in [7, 11) is 0. The second kappa shape index (κ2) is 6.28. The molecule has 2 aromatic rings. The van der Waals surface area contributed by atoms with Crippen LogP contribution in [0.5, 0.6) is 5.75 Å². The topological polar surface area (TPSA) is 64.3 Å². The van der Waals surface area contributed by atoms with Gasteiger partial charge in [-0.15, -0.1) is 0 Å². The van der Waals surface area contributed by atoms with E-state index in [1.54, 1.807) is 12.1 Å². The van der Waals surface area contributed by atoms with E-state index in [2.05, 4.69) is 5.32 Å². The maximum Gasteiger partial charge on any atom is 0.258 e. The van der Waals surface area contributed by atoms with Crippen molar-refractivity contribution in [3.05, 3.63) is 36.4 Å². The Bertz CT molecular complexity index is 610. The molecular formula is C16H20N2O2. The summed E-state index contributed by atoms with van der Waals surface area (Å²) >= 11 is 0. The minimum Gasteiger partial charge on any atom is -0.483 e. The number of rotatable bonds is 5. The van der Waals surface area contributed by atoms with Gasteiger partial charge in [-0.05, 0) is 25.5 Å². The van der Waals surface area contributed by atoms with E-state index in [-0.39, 0.29) is 18.6 Å². The van der Waals surface area contributed by atoms with Gasteiger partial charge in [-0.2, -0.15) is 0 Å². The Kier molecular flexibility index (Phi) is 4.45. The first-order valence-electron chi connectivity index (χ1n) is 6.81. The van der Waals surface area contributed by atoms with Crippen LogP contribution < -0.4 is 15.8 Å². The summed E-state index contributed by atoms with van der Waals surface area (Å²) in [5.74, 6) is 0.564. The molecular weight excluding hydrogens is 252 g/mol. The van der Waals surface area contributed by atoms with Crippen LogP contribution in [-0.4, -0.2) is 18.6 Å². The van der Waals surface area contributed by atoms with Crippen LogP contribution in [0, 0.1) is 0 Å². The number of anilines is 1. The third-order valence-corrected chi connectivity index (χ3v) is 3.30. The van der Waals surface area contributed by atoms with Gasteiger partial charge in [0, 0.05) is 22.5 Å². The van der Waals surface area contributed by atoms with Crippen LogP contribution in [-0.2, 0) is 4.79 Å². The van der Waals surface area contributed by atoms with Gasteiger partial charge in [0.25, 0.3) is 5.91 Å². The molecule has 1 amide bonds. The van der Waals surface area contributed by atoms with Crippen LogP contribution in [0.1, 0.15) is 20.3 Å². The van der Waals surface area contributed by atoms with Gasteiger partial charge in [-0.25, -0.2) is 0 Å². The number of nitrogen functional groups attached to an aromatic ring is 1. The molecule has 4 nitrogen and oxygen atoms in total. The predicted molar refractivity (Wildman–Crippen MR) is 81.8 cm³/mol. The maximum atomic E-state index is 11.7. The van der Waals surface area contributed by atoms with E-state index in [4.69, 9.17) is 10.5 Å². The Labute approximate surface area is 118 Å². The molecule has 0 aliphatic rings. The number of nitrogens with one attached hydrogen (secondary N) is 1. The van der Waals surface area contributed by atoms with Crippen molar-refractivity contribution in [2.75, 3.05) is 12.3 Å². The lowest BCUT2D eigenvalue weighted by Gasteiger charge is -2.13. The molecule has 0 heterocycles. The summed E-state index contributed by atoms with van der Waals surface area (Å²) < 4.78 is 5.61. The van der Waals surface area contributed by atoms with Gasteiger partial charge >= 0.3 is 0 Å². The van der Waals surface area contributed by atoms with Crippen molar-refractivity contribution >= 4 is 22.4 Å². The molecule has 4 heteroatoms.